The number of rotatable bonds is 13. The zero-order valence-corrected chi connectivity index (χ0v) is 39.8. The first-order chi connectivity index (χ1) is 34.1. The lowest BCUT2D eigenvalue weighted by atomic mass is 10.0. The highest BCUT2D eigenvalue weighted by Gasteiger charge is 2.39. The van der Waals surface area contributed by atoms with Crippen molar-refractivity contribution in [2.75, 3.05) is 19.6 Å². The van der Waals surface area contributed by atoms with E-state index < -0.39 is 96.0 Å². The molecule has 2 aromatic carbocycles. The van der Waals surface area contributed by atoms with Gasteiger partial charge < -0.3 is 58.6 Å². The molecule has 7 atom stereocenters. The van der Waals surface area contributed by atoms with Gasteiger partial charge >= 0.3 is 0 Å². The fraction of sp³-hybridized carbons (Fsp3) is 0.449. The Morgan fingerprint density at radius 3 is 2.11 bits per heavy atom. The van der Waals surface area contributed by atoms with Crippen LogP contribution in [-0.2, 0) is 56.0 Å². The van der Waals surface area contributed by atoms with E-state index in [-0.39, 0.29) is 69.9 Å². The number of benzene rings is 2. The standard InChI is InChI=1S/C49H63N13O9/c1-28(63)41-17-10-22-62(41)48(71)36-18-21-53-42(65)26-40(56-29(2)64)47(70)61-39(25-32-13-8-19-52-32)46(69)59-37(23-30-11-4-3-5-12-30)44(67)57-35(16-9-20-54-49(50)51)43(66)60-38(45(68)58-36)24-31-27-55-34-15-7-6-14-33(31)34/h3-7,11-15,19,27,35-41,55H,8-10,16-18,20-26H2,1-2H3,(H,53,65)(H,56,64)(H,57,67)(H,58,68)(H,59,69)(H,60,66)(H,61,70)(H4,50,51,54)/t35-,36-,37+,38-,39-,40-,41-/m0/s1. The molecule has 0 bridgehead atoms. The van der Waals surface area contributed by atoms with Crippen LogP contribution >= 0.6 is 0 Å². The fourth-order valence-corrected chi connectivity index (χ4v) is 8.87. The van der Waals surface area contributed by atoms with Crippen molar-refractivity contribution in [1.29, 1.82) is 0 Å². The van der Waals surface area contributed by atoms with E-state index >= 15 is 0 Å². The number of guanidine groups is 1. The zero-order valence-electron chi connectivity index (χ0n) is 39.8. The molecule has 1 aromatic heterocycles. The number of nitrogens with one attached hydrogen (secondary N) is 8. The third kappa shape index (κ3) is 15.0. The Balaban J connectivity index is 1.41. The summed E-state index contributed by atoms with van der Waals surface area (Å²) in [6.45, 7) is 2.63. The summed E-state index contributed by atoms with van der Waals surface area (Å²) in [5.41, 5.74) is 13.7. The number of allylic oxidation sites excluding steroid dienone is 1. The topological polar surface area (TPSA) is 334 Å². The number of hydrogen-bond acceptors (Lipinski definition) is 11. The highest BCUT2D eigenvalue weighted by atomic mass is 16.2. The van der Waals surface area contributed by atoms with Gasteiger partial charge in [0.05, 0.1) is 12.5 Å². The van der Waals surface area contributed by atoms with Crippen molar-refractivity contribution < 1.29 is 43.2 Å². The van der Waals surface area contributed by atoms with E-state index in [9.17, 15) is 43.2 Å². The van der Waals surface area contributed by atoms with Gasteiger partial charge in [-0.15, -0.1) is 0 Å². The predicted octanol–water partition coefficient (Wildman–Crippen LogP) is -0.826. The van der Waals surface area contributed by atoms with Crippen molar-refractivity contribution >= 4 is 76.1 Å². The molecule has 0 spiro atoms. The summed E-state index contributed by atoms with van der Waals surface area (Å²) in [5, 5.41) is 19.7. The second-order valence-electron chi connectivity index (χ2n) is 17.9. The van der Waals surface area contributed by atoms with Gasteiger partial charge in [0.1, 0.15) is 36.3 Å². The molecule has 12 N–H and O–H groups in total. The third-order valence-electron chi connectivity index (χ3n) is 12.4. The quantitative estimate of drug-likeness (QED) is 0.0573. The lowest BCUT2D eigenvalue weighted by Gasteiger charge is -2.30. The van der Waals surface area contributed by atoms with Crippen LogP contribution in [0.15, 0.2) is 82.6 Å². The van der Waals surface area contributed by atoms with E-state index in [2.05, 4.69) is 52.2 Å². The molecule has 378 valence electrons. The monoisotopic (exact) mass is 977 g/mol. The van der Waals surface area contributed by atoms with Crippen molar-refractivity contribution in [3.63, 3.8) is 0 Å². The number of Topliss-reactive ketones (excluding diaryl/α,β-unsaturated/α-hetero) is 1. The van der Waals surface area contributed by atoms with Crippen LogP contribution in [0.4, 0.5) is 0 Å². The van der Waals surface area contributed by atoms with E-state index in [4.69, 9.17) is 11.5 Å². The number of aromatic nitrogens is 1. The Hall–Kier alpha value is -7.91. The average Bonchev–Trinajstić information content (AvgIpc) is 4.13. The normalized spacial score (nSPS) is 24.0. The molecule has 0 aliphatic carbocycles. The first-order valence-electron chi connectivity index (χ1n) is 23.8. The van der Waals surface area contributed by atoms with Crippen LogP contribution in [0.3, 0.4) is 0 Å². The summed E-state index contributed by atoms with van der Waals surface area (Å²) in [6, 6.07) is 7.10. The second kappa shape index (κ2) is 25.1. The maximum Gasteiger partial charge on any atom is 0.245 e. The maximum absolute atomic E-state index is 14.7. The smallest absolute Gasteiger partial charge is 0.245 e. The van der Waals surface area contributed by atoms with E-state index in [1.807, 2.05) is 24.3 Å². The minimum atomic E-state index is -1.48. The van der Waals surface area contributed by atoms with E-state index in [0.717, 1.165) is 17.8 Å². The number of aliphatic imine (C=N–C) groups is 2. The summed E-state index contributed by atoms with van der Waals surface area (Å²) >= 11 is 0. The van der Waals surface area contributed by atoms with Gasteiger partial charge in [-0.25, -0.2) is 0 Å². The molecule has 71 heavy (non-hydrogen) atoms. The van der Waals surface area contributed by atoms with Crippen LogP contribution in [0.5, 0.6) is 0 Å². The number of nitrogens with zero attached hydrogens (tertiary/aromatic N) is 3. The minimum absolute atomic E-state index is 0.0423. The Morgan fingerprint density at radius 2 is 1.42 bits per heavy atom. The van der Waals surface area contributed by atoms with E-state index in [1.165, 1.54) is 11.8 Å². The zero-order chi connectivity index (χ0) is 51.0. The molecule has 2 saturated heterocycles. The van der Waals surface area contributed by atoms with Crippen LogP contribution in [0.25, 0.3) is 10.9 Å². The number of para-hydroxylation sites is 1. The Labute approximate surface area is 410 Å². The molecule has 8 amide bonds. The molecule has 4 heterocycles. The lowest BCUT2D eigenvalue weighted by molar-refractivity contribution is -0.141. The number of nitrogens with two attached hydrogens (primary N) is 2. The number of carbonyl (C=O) groups is 9. The Kier molecular flexibility index (Phi) is 18.5. The van der Waals surface area contributed by atoms with E-state index in [1.54, 1.807) is 48.8 Å². The van der Waals surface area contributed by atoms with Crippen molar-refractivity contribution in [3.8, 4) is 0 Å². The number of likely N-dealkylation sites (tertiary alicyclic amines) is 1. The highest BCUT2D eigenvalue weighted by molar-refractivity contribution is 5.99. The fourth-order valence-electron chi connectivity index (χ4n) is 8.87. The summed E-state index contributed by atoms with van der Waals surface area (Å²) < 4.78 is 0. The Morgan fingerprint density at radius 1 is 0.775 bits per heavy atom. The minimum Gasteiger partial charge on any atom is -0.370 e. The molecule has 0 saturated carbocycles. The number of ketones is 1. The molecule has 3 aliphatic rings. The van der Waals surface area contributed by atoms with Gasteiger partial charge in [0, 0.05) is 81.3 Å². The largest absolute Gasteiger partial charge is 0.370 e. The molecule has 0 radical (unpaired) electrons. The number of aromatic amines is 1. The summed E-state index contributed by atoms with van der Waals surface area (Å²) in [6.07, 6.45) is 5.58. The van der Waals surface area contributed by atoms with Crippen LogP contribution in [-0.4, -0.2) is 137 Å². The van der Waals surface area contributed by atoms with Crippen LogP contribution in [0, 0.1) is 0 Å². The molecule has 3 aromatic rings. The molecule has 22 nitrogen and oxygen atoms in total. The first kappa shape index (κ1) is 52.5. The van der Waals surface area contributed by atoms with Crippen LogP contribution in [0.2, 0.25) is 0 Å². The first-order valence-corrected chi connectivity index (χ1v) is 23.8. The number of carbonyl (C=O) groups excluding carboxylic acids is 9. The van der Waals surface area contributed by atoms with Crippen LogP contribution < -0.4 is 48.7 Å². The molecular weight excluding hydrogens is 915 g/mol. The van der Waals surface area contributed by atoms with Crippen LogP contribution in [0.1, 0.15) is 76.3 Å². The lowest BCUT2D eigenvalue weighted by Crippen LogP contribution is -2.60. The SMILES string of the molecule is CC(=O)N[C@H]1CC(=O)NCC[C@@H](C(=O)N2CCC[C@H]2C(C)=O)NC(=O)[C@H](Cc2c[nH]c3ccccc23)NC(=O)[C@H](CCCN=C(N)N)NC(=O)[C@@H](Cc2ccccc2)NC(=O)[C@H](CC2=CCC=N2)NC1=O. The molecule has 6 rings (SSSR count). The number of H-pyrrole nitrogens is 1. The highest BCUT2D eigenvalue weighted by Crippen LogP contribution is 2.22. The summed E-state index contributed by atoms with van der Waals surface area (Å²) in [5.74, 6) is -6.45. The van der Waals surface area contributed by atoms with Gasteiger partial charge in [-0.3, -0.25) is 53.1 Å². The Bertz CT molecular complexity index is 2560. The van der Waals surface area contributed by atoms with Crippen molar-refractivity contribution in [1.82, 2.24) is 47.1 Å². The summed E-state index contributed by atoms with van der Waals surface area (Å²) in [7, 11) is 0. The number of hydrogen-bond donors (Lipinski definition) is 10. The van der Waals surface area contributed by atoms with Gasteiger partial charge in [-0.1, -0.05) is 54.6 Å². The molecule has 22 heteroatoms. The van der Waals surface area contributed by atoms with Gasteiger partial charge in [-0.2, -0.15) is 0 Å². The van der Waals surface area contributed by atoms with Crippen molar-refractivity contribution in [2.45, 2.75) is 120 Å². The molecule has 3 aliphatic heterocycles. The van der Waals surface area contributed by atoms with Gasteiger partial charge in [0.25, 0.3) is 0 Å². The number of amides is 8. The maximum atomic E-state index is 14.7. The average molecular weight is 978 g/mol. The summed E-state index contributed by atoms with van der Waals surface area (Å²) in [4.78, 5) is 139. The molecular formula is C49H63N13O9. The molecule has 0 unspecified atom stereocenters. The van der Waals surface area contributed by atoms with E-state index in [0.29, 0.717) is 36.1 Å². The van der Waals surface area contributed by atoms with Crippen molar-refractivity contribution in [2.24, 2.45) is 21.5 Å². The van der Waals surface area contributed by atoms with Gasteiger partial charge in [0.2, 0.25) is 47.3 Å². The molecule has 2 fully saturated rings. The van der Waals surface area contributed by atoms with Gasteiger partial charge in [-0.05, 0) is 56.2 Å². The predicted molar refractivity (Wildman–Crippen MR) is 263 cm³/mol. The second-order valence-corrected chi connectivity index (χ2v) is 17.9. The number of fused-ring (bicyclic) bond motifs is 1. The van der Waals surface area contributed by atoms with Crippen molar-refractivity contribution in [3.05, 3.63) is 83.7 Å². The van der Waals surface area contributed by atoms with Gasteiger partial charge in [0.15, 0.2) is 11.7 Å². The third-order valence-corrected chi connectivity index (χ3v) is 12.4.